The van der Waals surface area contributed by atoms with Crippen LogP contribution in [0.5, 0.6) is 0 Å². The summed E-state index contributed by atoms with van der Waals surface area (Å²) < 4.78 is 0. The normalized spacial score (nSPS) is 15.0. The van der Waals surface area contributed by atoms with Crippen LogP contribution in [0, 0.1) is 21.4 Å². The molecule has 1 aromatic rings. The zero-order valence-electron chi connectivity index (χ0n) is 12.1. The van der Waals surface area contributed by atoms with Crippen molar-refractivity contribution in [3.8, 4) is 0 Å². The SMILES string of the molecule is CC(CC(O)Cc1ccc([N+](=O)[O-])cc1)C(C)(C)C. The van der Waals surface area contributed by atoms with Gasteiger partial charge in [-0.25, -0.2) is 0 Å². The van der Waals surface area contributed by atoms with Crippen molar-refractivity contribution in [2.75, 3.05) is 0 Å². The highest BCUT2D eigenvalue weighted by atomic mass is 16.6. The molecule has 0 spiro atoms. The van der Waals surface area contributed by atoms with E-state index in [1.807, 2.05) is 0 Å². The predicted molar refractivity (Wildman–Crippen MR) is 76.0 cm³/mol. The van der Waals surface area contributed by atoms with Gasteiger partial charge in [-0.3, -0.25) is 10.1 Å². The van der Waals surface area contributed by atoms with Crippen molar-refractivity contribution >= 4 is 5.69 Å². The second-order valence-electron chi connectivity index (χ2n) is 6.28. The van der Waals surface area contributed by atoms with Gasteiger partial charge in [0.05, 0.1) is 11.0 Å². The van der Waals surface area contributed by atoms with E-state index in [4.69, 9.17) is 0 Å². The molecule has 4 heteroatoms. The van der Waals surface area contributed by atoms with Gasteiger partial charge in [-0.05, 0) is 29.7 Å². The largest absolute Gasteiger partial charge is 0.393 e. The van der Waals surface area contributed by atoms with E-state index >= 15 is 0 Å². The third-order valence-corrected chi connectivity index (χ3v) is 3.72. The molecule has 4 nitrogen and oxygen atoms in total. The Kier molecular flexibility index (Phi) is 5.06. The Balaban J connectivity index is 2.57. The van der Waals surface area contributed by atoms with E-state index in [9.17, 15) is 15.2 Å². The summed E-state index contributed by atoms with van der Waals surface area (Å²) in [6, 6.07) is 6.39. The Morgan fingerprint density at radius 3 is 2.21 bits per heavy atom. The maximum absolute atomic E-state index is 10.5. The smallest absolute Gasteiger partial charge is 0.269 e. The van der Waals surface area contributed by atoms with E-state index in [1.54, 1.807) is 12.1 Å². The first kappa shape index (κ1) is 15.6. The number of aliphatic hydroxyl groups excluding tert-OH is 1. The van der Waals surface area contributed by atoms with Crippen LogP contribution >= 0.6 is 0 Å². The lowest BCUT2D eigenvalue weighted by Crippen LogP contribution is -2.24. The fraction of sp³-hybridized carbons (Fsp3) is 0.600. The van der Waals surface area contributed by atoms with Crippen LogP contribution in [0.25, 0.3) is 0 Å². The molecule has 0 aliphatic heterocycles. The maximum atomic E-state index is 10.5. The van der Waals surface area contributed by atoms with Crippen molar-refractivity contribution < 1.29 is 10.0 Å². The average Bonchev–Trinajstić information content (AvgIpc) is 2.28. The maximum Gasteiger partial charge on any atom is 0.269 e. The zero-order valence-corrected chi connectivity index (χ0v) is 12.1. The summed E-state index contributed by atoms with van der Waals surface area (Å²) in [5.74, 6) is 0.417. The molecular formula is C15H23NO3. The molecule has 1 aromatic carbocycles. The molecule has 2 atom stereocenters. The Morgan fingerprint density at radius 2 is 1.79 bits per heavy atom. The van der Waals surface area contributed by atoms with E-state index in [2.05, 4.69) is 27.7 Å². The number of benzene rings is 1. The van der Waals surface area contributed by atoms with Gasteiger partial charge in [-0.2, -0.15) is 0 Å². The standard InChI is InChI=1S/C15H23NO3/c1-11(15(2,3)4)9-14(17)10-12-5-7-13(8-6-12)16(18)19/h5-8,11,14,17H,9-10H2,1-4H3. The Bertz CT molecular complexity index is 420. The molecule has 0 fully saturated rings. The van der Waals surface area contributed by atoms with Crippen molar-refractivity contribution in [2.45, 2.75) is 46.6 Å². The second-order valence-corrected chi connectivity index (χ2v) is 6.28. The highest BCUT2D eigenvalue weighted by Gasteiger charge is 2.22. The van der Waals surface area contributed by atoms with Gasteiger partial charge < -0.3 is 5.11 Å². The first-order valence-electron chi connectivity index (χ1n) is 6.61. The number of hydrogen-bond acceptors (Lipinski definition) is 3. The number of rotatable bonds is 5. The lowest BCUT2D eigenvalue weighted by Gasteiger charge is -2.29. The van der Waals surface area contributed by atoms with Crippen LogP contribution in [0.2, 0.25) is 0 Å². The molecule has 106 valence electrons. The Morgan fingerprint density at radius 1 is 1.26 bits per heavy atom. The van der Waals surface area contributed by atoms with Gasteiger partial charge in [0, 0.05) is 12.1 Å². The van der Waals surface area contributed by atoms with Crippen molar-refractivity contribution in [3.05, 3.63) is 39.9 Å². The predicted octanol–water partition coefficient (Wildman–Crippen LogP) is 3.57. The summed E-state index contributed by atoms with van der Waals surface area (Å²) in [5.41, 5.74) is 1.19. The second kappa shape index (κ2) is 6.15. The molecule has 1 rings (SSSR count). The van der Waals surface area contributed by atoms with Crippen molar-refractivity contribution in [3.63, 3.8) is 0 Å². The number of nitro groups is 1. The summed E-state index contributed by atoms with van der Waals surface area (Å²) in [4.78, 5) is 10.1. The fourth-order valence-corrected chi connectivity index (χ4v) is 1.87. The molecule has 0 aliphatic rings. The lowest BCUT2D eigenvalue weighted by molar-refractivity contribution is -0.384. The van der Waals surface area contributed by atoms with Crippen LogP contribution in [0.1, 0.15) is 39.7 Å². The molecule has 2 unspecified atom stereocenters. The molecule has 0 saturated heterocycles. The van der Waals surface area contributed by atoms with Crippen LogP contribution in [0.3, 0.4) is 0 Å². The number of non-ortho nitro benzene ring substituents is 1. The molecule has 0 aliphatic carbocycles. The molecule has 0 aromatic heterocycles. The van der Waals surface area contributed by atoms with Crippen molar-refractivity contribution in [1.82, 2.24) is 0 Å². The van der Waals surface area contributed by atoms with E-state index in [1.165, 1.54) is 12.1 Å². The summed E-state index contributed by atoms with van der Waals surface area (Å²) in [5, 5.41) is 20.6. The highest BCUT2D eigenvalue weighted by molar-refractivity contribution is 5.33. The third-order valence-electron chi connectivity index (χ3n) is 3.72. The molecule has 0 heterocycles. The van der Waals surface area contributed by atoms with Gasteiger partial charge >= 0.3 is 0 Å². The minimum Gasteiger partial charge on any atom is -0.393 e. The van der Waals surface area contributed by atoms with Gasteiger partial charge in [-0.1, -0.05) is 39.8 Å². The third kappa shape index (κ3) is 4.99. The Labute approximate surface area is 114 Å². The molecule has 0 saturated carbocycles. The molecule has 0 radical (unpaired) electrons. The fourth-order valence-electron chi connectivity index (χ4n) is 1.87. The van der Waals surface area contributed by atoms with Crippen LogP contribution in [0.15, 0.2) is 24.3 Å². The van der Waals surface area contributed by atoms with Gasteiger partial charge in [-0.15, -0.1) is 0 Å². The van der Waals surface area contributed by atoms with Crippen LogP contribution in [-0.4, -0.2) is 16.1 Å². The van der Waals surface area contributed by atoms with Gasteiger partial charge in [0.15, 0.2) is 0 Å². The quantitative estimate of drug-likeness (QED) is 0.654. The van der Waals surface area contributed by atoms with Crippen LogP contribution in [-0.2, 0) is 6.42 Å². The lowest BCUT2D eigenvalue weighted by atomic mass is 9.78. The van der Waals surface area contributed by atoms with E-state index < -0.39 is 11.0 Å². The highest BCUT2D eigenvalue weighted by Crippen LogP contribution is 2.29. The summed E-state index contributed by atoms with van der Waals surface area (Å²) in [7, 11) is 0. The first-order valence-corrected chi connectivity index (χ1v) is 6.61. The van der Waals surface area contributed by atoms with Crippen molar-refractivity contribution in [1.29, 1.82) is 0 Å². The summed E-state index contributed by atoms with van der Waals surface area (Å²) in [6.07, 6.45) is 0.870. The molecular weight excluding hydrogens is 242 g/mol. The van der Waals surface area contributed by atoms with E-state index in [-0.39, 0.29) is 11.1 Å². The molecule has 0 amide bonds. The molecule has 19 heavy (non-hydrogen) atoms. The monoisotopic (exact) mass is 265 g/mol. The van der Waals surface area contributed by atoms with Crippen LogP contribution in [0.4, 0.5) is 5.69 Å². The topological polar surface area (TPSA) is 63.4 Å². The first-order chi connectivity index (χ1) is 8.70. The summed E-state index contributed by atoms with van der Waals surface area (Å²) >= 11 is 0. The van der Waals surface area contributed by atoms with Gasteiger partial charge in [0.1, 0.15) is 0 Å². The average molecular weight is 265 g/mol. The van der Waals surface area contributed by atoms with Crippen molar-refractivity contribution in [2.24, 2.45) is 11.3 Å². The number of hydrogen-bond donors (Lipinski definition) is 1. The van der Waals surface area contributed by atoms with E-state index in [0.29, 0.717) is 12.3 Å². The summed E-state index contributed by atoms with van der Waals surface area (Å²) in [6.45, 7) is 8.63. The minimum atomic E-state index is -0.415. The Hall–Kier alpha value is -1.42. The van der Waals surface area contributed by atoms with E-state index in [0.717, 1.165) is 12.0 Å². The molecule has 1 N–H and O–H groups in total. The molecule has 0 bridgehead atoms. The van der Waals surface area contributed by atoms with Gasteiger partial charge in [0.25, 0.3) is 5.69 Å². The number of nitrogens with zero attached hydrogens (tertiary/aromatic N) is 1. The minimum absolute atomic E-state index is 0.0845. The van der Waals surface area contributed by atoms with Crippen LogP contribution < -0.4 is 0 Å². The number of nitro benzene ring substituents is 1. The number of aliphatic hydroxyl groups is 1. The van der Waals surface area contributed by atoms with Gasteiger partial charge in [0.2, 0.25) is 0 Å². The zero-order chi connectivity index (χ0) is 14.6.